The highest BCUT2D eigenvalue weighted by Gasteiger charge is 2.24. The van der Waals surface area contributed by atoms with Gasteiger partial charge in [0.25, 0.3) is 5.91 Å². The topological polar surface area (TPSA) is 54.3 Å². The second-order valence-electron chi connectivity index (χ2n) is 7.33. The average Bonchev–Trinajstić information content (AvgIpc) is 3.25. The zero-order chi connectivity index (χ0) is 19.7. The molecular weight excluding hydrogens is 350 g/mol. The molecule has 0 N–H and O–H groups in total. The number of aromatic nitrogens is 3. The van der Waals surface area contributed by atoms with Gasteiger partial charge in [0, 0.05) is 55.5 Å². The summed E-state index contributed by atoms with van der Waals surface area (Å²) in [5.41, 5.74) is 5.19. The first-order chi connectivity index (χ1) is 13.5. The Balaban J connectivity index is 1.42. The van der Waals surface area contributed by atoms with Crippen molar-refractivity contribution in [1.29, 1.82) is 0 Å². The predicted molar refractivity (Wildman–Crippen MR) is 110 cm³/mol. The molecule has 1 aromatic carbocycles. The standard InChI is InChI=1S/C22H25N5O/c1-16-14-17(2)21(24-18(16)3)25-10-12-26(13-11-25)22(28)19-4-6-20(7-5-19)27-9-8-23-15-27/h4-9,14-15H,10-13H2,1-3H3. The summed E-state index contributed by atoms with van der Waals surface area (Å²) in [7, 11) is 0. The molecule has 1 aliphatic rings. The van der Waals surface area contributed by atoms with Gasteiger partial charge >= 0.3 is 0 Å². The van der Waals surface area contributed by atoms with Crippen LogP contribution in [0.2, 0.25) is 0 Å². The Morgan fingerprint density at radius 3 is 2.32 bits per heavy atom. The summed E-state index contributed by atoms with van der Waals surface area (Å²) in [5.74, 6) is 1.13. The monoisotopic (exact) mass is 375 g/mol. The Labute approximate surface area is 165 Å². The number of amides is 1. The predicted octanol–water partition coefficient (Wildman–Crippen LogP) is 3.15. The number of piperazine rings is 1. The van der Waals surface area contributed by atoms with Crippen molar-refractivity contribution in [2.45, 2.75) is 20.8 Å². The van der Waals surface area contributed by atoms with Crippen LogP contribution in [0.25, 0.3) is 5.69 Å². The summed E-state index contributed by atoms with van der Waals surface area (Å²) in [4.78, 5) is 25.9. The lowest BCUT2D eigenvalue weighted by molar-refractivity contribution is 0.0746. The van der Waals surface area contributed by atoms with Gasteiger partial charge < -0.3 is 14.4 Å². The Hall–Kier alpha value is -3.15. The number of aryl methyl sites for hydroxylation is 3. The summed E-state index contributed by atoms with van der Waals surface area (Å²) < 4.78 is 1.92. The minimum absolute atomic E-state index is 0.0848. The van der Waals surface area contributed by atoms with Crippen LogP contribution in [-0.4, -0.2) is 51.5 Å². The number of pyridine rings is 1. The highest BCUT2D eigenvalue weighted by atomic mass is 16.2. The number of benzene rings is 1. The van der Waals surface area contributed by atoms with Gasteiger partial charge in [-0.2, -0.15) is 0 Å². The summed E-state index contributed by atoms with van der Waals surface area (Å²) in [6.45, 7) is 9.25. The Bertz CT molecular complexity index is 971. The Morgan fingerprint density at radius 2 is 1.68 bits per heavy atom. The van der Waals surface area contributed by atoms with Crippen molar-refractivity contribution in [3.8, 4) is 5.69 Å². The first kappa shape index (κ1) is 18.2. The number of carbonyl (C=O) groups is 1. The van der Waals surface area contributed by atoms with Crippen LogP contribution in [0.1, 0.15) is 27.2 Å². The average molecular weight is 375 g/mol. The number of nitrogens with zero attached hydrogens (tertiary/aromatic N) is 5. The van der Waals surface area contributed by atoms with Gasteiger partial charge in [0.1, 0.15) is 5.82 Å². The Morgan fingerprint density at radius 1 is 0.964 bits per heavy atom. The molecule has 0 radical (unpaired) electrons. The van der Waals surface area contributed by atoms with Crippen molar-refractivity contribution in [2.75, 3.05) is 31.1 Å². The molecule has 0 atom stereocenters. The van der Waals surface area contributed by atoms with Gasteiger partial charge in [0.05, 0.1) is 6.33 Å². The molecular formula is C22H25N5O. The van der Waals surface area contributed by atoms with Crippen molar-refractivity contribution in [2.24, 2.45) is 0 Å². The second kappa shape index (κ2) is 7.46. The third-order valence-electron chi connectivity index (χ3n) is 5.41. The molecule has 0 bridgehead atoms. The summed E-state index contributed by atoms with van der Waals surface area (Å²) in [6.07, 6.45) is 5.38. The van der Waals surface area contributed by atoms with Crippen LogP contribution in [0, 0.1) is 20.8 Å². The first-order valence-corrected chi connectivity index (χ1v) is 9.60. The second-order valence-corrected chi connectivity index (χ2v) is 7.33. The fourth-order valence-electron chi connectivity index (χ4n) is 3.64. The lowest BCUT2D eigenvalue weighted by Crippen LogP contribution is -2.49. The van der Waals surface area contributed by atoms with E-state index in [0.717, 1.165) is 35.9 Å². The summed E-state index contributed by atoms with van der Waals surface area (Å²) in [5, 5.41) is 0. The minimum atomic E-state index is 0.0848. The third kappa shape index (κ3) is 3.50. The highest BCUT2D eigenvalue weighted by molar-refractivity contribution is 5.94. The number of imidazole rings is 1. The molecule has 0 spiro atoms. The molecule has 28 heavy (non-hydrogen) atoms. The van der Waals surface area contributed by atoms with E-state index in [-0.39, 0.29) is 5.91 Å². The van der Waals surface area contributed by atoms with Crippen molar-refractivity contribution in [3.05, 3.63) is 71.4 Å². The normalized spacial score (nSPS) is 14.4. The fraction of sp³-hybridized carbons (Fsp3) is 0.318. The maximum Gasteiger partial charge on any atom is 0.253 e. The van der Waals surface area contributed by atoms with Crippen LogP contribution >= 0.6 is 0 Å². The van der Waals surface area contributed by atoms with E-state index in [2.05, 4.69) is 29.8 Å². The molecule has 3 aromatic rings. The maximum atomic E-state index is 12.9. The molecule has 0 saturated carbocycles. The molecule has 1 fully saturated rings. The van der Waals surface area contributed by atoms with Crippen LogP contribution in [-0.2, 0) is 0 Å². The molecule has 1 aliphatic heterocycles. The third-order valence-corrected chi connectivity index (χ3v) is 5.41. The molecule has 3 heterocycles. The van der Waals surface area contributed by atoms with Gasteiger partial charge in [-0.3, -0.25) is 4.79 Å². The van der Waals surface area contributed by atoms with Gasteiger partial charge in [-0.15, -0.1) is 0 Å². The van der Waals surface area contributed by atoms with E-state index >= 15 is 0 Å². The maximum absolute atomic E-state index is 12.9. The van der Waals surface area contributed by atoms with Crippen molar-refractivity contribution < 1.29 is 4.79 Å². The van der Waals surface area contributed by atoms with E-state index in [1.54, 1.807) is 12.5 Å². The van der Waals surface area contributed by atoms with Crippen LogP contribution in [0.3, 0.4) is 0 Å². The van der Waals surface area contributed by atoms with Crippen molar-refractivity contribution >= 4 is 11.7 Å². The molecule has 144 valence electrons. The van der Waals surface area contributed by atoms with Gasteiger partial charge in [0.2, 0.25) is 0 Å². The lowest BCUT2D eigenvalue weighted by Gasteiger charge is -2.36. The van der Waals surface area contributed by atoms with E-state index < -0.39 is 0 Å². The molecule has 1 saturated heterocycles. The molecule has 0 unspecified atom stereocenters. The SMILES string of the molecule is Cc1cc(C)c(N2CCN(C(=O)c3ccc(-n4ccnc4)cc3)CC2)nc1C. The van der Waals surface area contributed by atoms with Crippen molar-refractivity contribution in [3.63, 3.8) is 0 Å². The smallest absolute Gasteiger partial charge is 0.253 e. The Kier molecular flexibility index (Phi) is 4.86. The zero-order valence-corrected chi connectivity index (χ0v) is 16.6. The van der Waals surface area contributed by atoms with Crippen molar-refractivity contribution in [1.82, 2.24) is 19.4 Å². The minimum Gasteiger partial charge on any atom is -0.353 e. The summed E-state index contributed by atoms with van der Waals surface area (Å²) in [6, 6.07) is 9.87. The van der Waals surface area contributed by atoms with Gasteiger partial charge in [-0.1, -0.05) is 6.07 Å². The van der Waals surface area contributed by atoms with Crippen LogP contribution < -0.4 is 4.90 Å². The van der Waals surface area contributed by atoms with Gasteiger partial charge in [-0.25, -0.2) is 9.97 Å². The molecule has 0 aliphatic carbocycles. The zero-order valence-electron chi connectivity index (χ0n) is 16.6. The molecule has 1 amide bonds. The summed E-state index contributed by atoms with van der Waals surface area (Å²) >= 11 is 0. The van der Waals surface area contributed by atoms with E-state index in [1.165, 1.54) is 11.1 Å². The molecule has 2 aromatic heterocycles. The quantitative estimate of drug-likeness (QED) is 0.706. The van der Waals surface area contributed by atoms with Gasteiger partial charge in [-0.05, 0) is 56.2 Å². The molecule has 6 nitrogen and oxygen atoms in total. The number of carbonyl (C=O) groups excluding carboxylic acids is 1. The number of anilines is 1. The van der Waals surface area contributed by atoms with E-state index in [0.29, 0.717) is 13.1 Å². The molecule has 4 rings (SSSR count). The number of rotatable bonds is 3. The van der Waals surface area contributed by atoms with Crippen LogP contribution in [0.4, 0.5) is 5.82 Å². The molecule has 6 heteroatoms. The fourth-order valence-corrected chi connectivity index (χ4v) is 3.64. The van der Waals surface area contributed by atoms with Gasteiger partial charge in [0.15, 0.2) is 0 Å². The van der Waals surface area contributed by atoms with Crippen LogP contribution in [0.15, 0.2) is 49.1 Å². The number of hydrogen-bond donors (Lipinski definition) is 0. The first-order valence-electron chi connectivity index (χ1n) is 9.60. The number of hydrogen-bond acceptors (Lipinski definition) is 4. The highest BCUT2D eigenvalue weighted by Crippen LogP contribution is 2.22. The lowest BCUT2D eigenvalue weighted by atomic mass is 10.1. The largest absolute Gasteiger partial charge is 0.353 e. The van der Waals surface area contributed by atoms with Crippen LogP contribution in [0.5, 0.6) is 0 Å². The van der Waals surface area contributed by atoms with E-state index in [9.17, 15) is 4.79 Å². The van der Waals surface area contributed by atoms with E-state index in [1.807, 2.05) is 46.9 Å². The van der Waals surface area contributed by atoms with E-state index in [4.69, 9.17) is 4.98 Å².